The molecule has 1 N–H and O–H groups in total. The summed E-state index contributed by atoms with van der Waals surface area (Å²) in [5, 5.41) is 2.71. The number of sulfone groups is 1. The number of methoxy groups -OCH3 is 1. The minimum Gasteiger partial charge on any atom is -0.497 e. The van der Waals surface area contributed by atoms with E-state index in [4.69, 9.17) is 9.47 Å². The lowest BCUT2D eigenvalue weighted by molar-refractivity contribution is 0.0812. The molecule has 1 aliphatic rings. The van der Waals surface area contributed by atoms with Crippen molar-refractivity contribution in [3.05, 3.63) is 24.3 Å². The van der Waals surface area contributed by atoms with Gasteiger partial charge in [0.2, 0.25) is 0 Å². The molecule has 0 saturated carbocycles. The maximum Gasteiger partial charge on any atom is 0.185 e. The van der Waals surface area contributed by atoms with Gasteiger partial charge < -0.3 is 14.8 Å². The van der Waals surface area contributed by atoms with E-state index in [1.807, 2.05) is 6.92 Å². The third-order valence-electron chi connectivity index (χ3n) is 3.56. The van der Waals surface area contributed by atoms with Crippen LogP contribution in [0.5, 0.6) is 5.75 Å². The predicted octanol–water partition coefficient (Wildman–Crippen LogP) is 1.24. The molecule has 0 amide bonds. The third kappa shape index (κ3) is 3.13. The lowest BCUT2D eigenvalue weighted by Gasteiger charge is -2.31. The molecule has 2 atom stereocenters. The molecule has 0 spiro atoms. The van der Waals surface area contributed by atoms with Crippen LogP contribution in [-0.4, -0.2) is 46.6 Å². The molecule has 1 heterocycles. The Labute approximate surface area is 120 Å². The largest absolute Gasteiger partial charge is 0.497 e. The fourth-order valence-electron chi connectivity index (χ4n) is 2.45. The highest BCUT2D eigenvalue weighted by molar-refractivity contribution is 7.92. The van der Waals surface area contributed by atoms with Crippen LogP contribution in [-0.2, 0) is 14.6 Å². The lowest BCUT2D eigenvalue weighted by atomic mass is 10.1. The molecule has 1 saturated heterocycles. The van der Waals surface area contributed by atoms with Gasteiger partial charge in [-0.25, -0.2) is 8.42 Å². The maximum atomic E-state index is 12.7. The quantitative estimate of drug-likeness (QED) is 0.886. The summed E-state index contributed by atoms with van der Waals surface area (Å²) in [6.07, 6.45) is 0.716. The fourth-order valence-corrected chi connectivity index (χ4v) is 4.26. The van der Waals surface area contributed by atoms with E-state index in [-0.39, 0.29) is 12.6 Å². The van der Waals surface area contributed by atoms with E-state index >= 15 is 0 Å². The Kier molecular flexibility index (Phi) is 5.01. The van der Waals surface area contributed by atoms with Crippen LogP contribution in [0.3, 0.4) is 0 Å². The predicted molar refractivity (Wildman–Crippen MR) is 76.9 cm³/mol. The van der Waals surface area contributed by atoms with Crippen LogP contribution in [0, 0.1) is 0 Å². The molecule has 1 aromatic rings. The molecule has 1 aliphatic heterocycles. The highest BCUT2D eigenvalue weighted by Gasteiger charge is 2.36. The van der Waals surface area contributed by atoms with Crippen molar-refractivity contribution in [2.75, 3.05) is 26.9 Å². The number of rotatable bonds is 5. The molecule has 0 bridgehead atoms. The molecule has 1 aromatic carbocycles. The molecule has 1 fully saturated rings. The Morgan fingerprint density at radius 1 is 1.35 bits per heavy atom. The average Bonchev–Trinajstić information content (AvgIpc) is 2.48. The van der Waals surface area contributed by atoms with Gasteiger partial charge in [0.15, 0.2) is 9.84 Å². The van der Waals surface area contributed by atoms with E-state index in [1.54, 1.807) is 31.4 Å². The van der Waals surface area contributed by atoms with Crippen molar-refractivity contribution in [2.45, 2.75) is 29.5 Å². The van der Waals surface area contributed by atoms with Crippen molar-refractivity contribution < 1.29 is 17.9 Å². The third-order valence-corrected chi connectivity index (χ3v) is 5.75. The zero-order valence-corrected chi connectivity index (χ0v) is 12.7. The molecule has 2 unspecified atom stereocenters. The van der Waals surface area contributed by atoms with Crippen LogP contribution in [0.1, 0.15) is 13.3 Å². The van der Waals surface area contributed by atoms with Crippen LogP contribution in [0.2, 0.25) is 0 Å². The second-order valence-corrected chi connectivity index (χ2v) is 6.95. The first kappa shape index (κ1) is 15.3. The first-order chi connectivity index (χ1) is 9.59. The number of ether oxygens (including phenoxy) is 2. The van der Waals surface area contributed by atoms with Crippen LogP contribution in [0.4, 0.5) is 0 Å². The smallest absolute Gasteiger partial charge is 0.185 e. The topological polar surface area (TPSA) is 64.6 Å². The Morgan fingerprint density at radius 3 is 2.65 bits per heavy atom. The molecule has 0 aliphatic carbocycles. The van der Waals surface area contributed by atoms with Crippen molar-refractivity contribution in [2.24, 2.45) is 0 Å². The Hall–Kier alpha value is -1.11. The molecule has 2 rings (SSSR count). The van der Waals surface area contributed by atoms with Gasteiger partial charge in [-0.1, -0.05) is 6.92 Å². The SMILES string of the molecule is CCNC1CCOCC1S(=O)(=O)c1ccc(OC)cc1. The van der Waals surface area contributed by atoms with E-state index in [2.05, 4.69) is 5.32 Å². The Balaban J connectivity index is 2.26. The molecule has 20 heavy (non-hydrogen) atoms. The second kappa shape index (κ2) is 6.56. The number of hydrogen-bond donors (Lipinski definition) is 1. The number of nitrogens with one attached hydrogen (secondary N) is 1. The van der Waals surface area contributed by atoms with Gasteiger partial charge in [0, 0.05) is 12.6 Å². The van der Waals surface area contributed by atoms with Gasteiger partial charge in [-0.15, -0.1) is 0 Å². The minimum atomic E-state index is -3.40. The first-order valence-electron chi connectivity index (χ1n) is 6.78. The molecule has 112 valence electrons. The van der Waals surface area contributed by atoms with Gasteiger partial charge in [0.25, 0.3) is 0 Å². The van der Waals surface area contributed by atoms with Crippen LogP contribution < -0.4 is 10.1 Å². The molecule has 5 nitrogen and oxygen atoms in total. The molecule has 0 aromatic heterocycles. The van der Waals surface area contributed by atoms with Crippen LogP contribution in [0.15, 0.2) is 29.2 Å². The van der Waals surface area contributed by atoms with Gasteiger partial charge in [-0.3, -0.25) is 0 Å². The minimum absolute atomic E-state index is 0.0548. The van der Waals surface area contributed by atoms with Gasteiger partial charge in [-0.05, 0) is 37.2 Å². The van der Waals surface area contributed by atoms with E-state index in [0.717, 1.165) is 6.54 Å². The standard InChI is InChI=1S/C14H21NO4S/c1-3-15-13-8-9-19-10-14(13)20(16,17)12-6-4-11(18-2)5-7-12/h4-7,13-15H,3,8-10H2,1-2H3. The normalized spacial score (nSPS) is 23.5. The summed E-state index contributed by atoms with van der Waals surface area (Å²) < 4.78 is 35.8. The van der Waals surface area contributed by atoms with Crippen molar-refractivity contribution in [1.82, 2.24) is 5.32 Å². The van der Waals surface area contributed by atoms with E-state index in [1.165, 1.54) is 0 Å². The van der Waals surface area contributed by atoms with Gasteiger partial charge in [-0.2, -0.15) is 0 Å². The average molecular weight is 299 g/mol. The summed E-state index contributed by atoms with van der Waals surface area (Å²) in [4.78, 5) is 0.316. The monoisotopic (exact) mass is 299 g/mol. The molecular formula is C14H21NO4S. The number of hydrogen-bond acceptors (Lipinski definition) is 5. The summed E-state index contributed by atoms with van der Waals surface area (Å²) in [7, 11) is -1.85. The van der Waals surface area contributed by atoms with Gasteiger partial charge in [0.05, 0.1) is 18.6 Å². The highest BCUT2D eigenvalue weighted by atomic mass is 32.2. The van der Waals surface area contributed by atoms with E-state index in [0.29, 0.717) is 23.7 Å². The van der Waals surface area contributed by atoms with Crippen LogP contribution in [0.25, 0.3) is 0 Å². The molecule has 6 heteroatoms. The zero-order chi connectivity index (χ0) is 14.6. The first-order valence-corrected chi connectivity index (χ1v) is 8.33. The lowest BCUT2D eigenvalue weighted by Crippen LogP contribution is -2.50. The summed E-state index contributed by atoms with van der Waals surface area (Å²) in [6, 6.07) is 6.45. The Bertz CT molecular complexity index is 525. The number of benzene rings is 1. The zero-order valence-electron chi connectivity index (χ0n) is 11.8. The van der Waals surface area contributed by atoms with Crippen molar-refractivity contribution in [1.29, 1.82) is 0 Å². The molecular weight excluding hydrogens is 278 g/mol. The molecule has 0 radical (unpaired) electrons. The maximum absolute atomic E-state index is 12.7. The summed E-state index contributed by atoms with van der Waals surface area (Å²) in [5.41, 5.74) is 0. The summed E-state index contributed by atoms with van der Waals surface area (Å²) in [5.74, 6) is 0.645. The van der Waals surface area contributed by atoms with Gasteiger partial charge in [0.1, 0.15) is 11.0 Å². The van der Waals surface area contributed by atoms with Crippen molar-refractivity contribution >= 4 is 9.84 Å². The van der Waals surface area contributed by atoms with Crippen LogP contribution >= 0.6 is 0 Å². The summed E-state index contributed by atoms with van der Waals surface area (Å²) in [6.45, 7) is 3.57. The fraction of sp³-hybridized carbons (Fsp3) is 0.571. The van der Waals surface area contributed by atoms with E-state index < -0.39 is 15.1 Å². The van der Waals surface area contributed by atoms with Gasteiger partial charge >= 0.3 is 0 Å². The van der Waals surface area contributed by atoms with Crippen molar-refractivity contribution in [3.63, 3.8) is 0 Å². The Morgan fingerprint density at radius 2 is 2.05 bits per heavy atom. The van der Waals surface area contributed by atoms with Crippen molar-refractivity contribution in [3.8, 4) is 5.75 Å². The second-order valence-electron chi connectivity index (χ2n) is 4.79. The van der Waals surface area contributed by atoms with E-state index in [9.17, 15) is 8.42 Å². The summed E-state index contributed by atoms with van der Waals surface area (Å²) >= 11 is 0. The highest BCUT2D eigenvalue weighted by Crippen LogP contribution is 2.24.